The highest BCUT2D eigenvalue weighted by Crippen LogP contribution is 2.33. The largest absolute Gasteiger partial charge is 0.308 e. The third-order valence-corrected chi connectivity index (χ3v) is 2.71. The Morgan fingerprint density at radius 2 is 2.00 bits per heavy atom. The van der Waals surface area contributed by atoms with Crippen LogP contribution in [0.3, 0.4) is 0 Å². The van der Waals surface area contributed by atoms with Crippen molar-refractivity contribution in [2.75, 3.05) is 0 Å². The molecule has 1 aromatic rings. The predicted octanol–water partition coefficient (Wildman–Crippen LogP) is 3.13. The minimum atomic E-state index is 0.964. The van der Waals surface area contributed by atoms with E-state index in [9.17, 15) is 0 Å². The van der Waals surface area contributed by atoms with Crippen molar-refractivity contribution in [2.45, 2.75) is 32.2 Å². The summed E-state index contributed by atoms with van der Waals surface area (Å²) in [7, 11) is 0. The Labute approximate surface area is 86.5 Å². The second-order valence-electron chi connectivity index (χ2n) is 4.09. The van der Waals surface area contributed by atoms with E-state index in [0.29, 0.717) is 0 Å². The molecule has 1 heteroatoms. The summed E-state index contributed by atoms with van der Waals surface area (Å²) in [5.74, 6) is 1.05. The summed E-state index contributed by atoms with van der Waals surface area (Å²) in [6.07, 6.45) is 5.53. The molecule has 0 heterocycles. The summed E-state index contributed by atoms with van der Waals surface area (Å²) in [6.45, 7) is 3.18. The molecular weight excluding hydrogens is 170 g/mol. The third-order valence-electron chi connectivity index (χ3n) is 2.71. The Morgan fingerprint density at radius 3 is 2.71 bits per heavy atom. The van der Waals surface area contributed by atoms with E-state index in [2.05, 4.69) is 42.2 Å². The fraction of sp³-hybridized carbons (Fsp3) is 0.462. The number of benzene rings is 1. The van der Waals surface area contributed by atoms with E-state index in [0.717, 1.165) is 12.5 Å². The van der Waals surface area contributed by atoms with Gasteiger partial charge in [-0.15, -0.1) is 0 Å². The molecular formula is C13H18N. The number of rotatable bonds is 6. The van der Waals surface area contributed by atoms with Gasteiger partial charge in [0, 0.05) is 13.1 Å². The maximum atomic E-state index is 3.36. The fourth-order valence-electron chi connectivity index (χ4n) is 1.61. The Morgan fingerprint density at radius 1 is 1.21 bits per heavy atom. The van der Waals surface area contributed by atoms with Crippen LogP contribution in [0.25, 0.3) is 0 Å². The predicted molar refractivity (Wildman–Crippen MR) is 59.5 cm³/mol. The van der Waals surface area contributed by atoms with Crippen LogP contribution >= 0.6 is 0 Å². The highest BCUT2D eigenvalue weighted by Gasteiger charge is 2.19. The summed E-state index contributed by atoms with van der Waals surface area (Å²) < 4.78 is 0. The van der Waals surface area contributed by atoms with Gasteiger partial charge in [0.15, 0.2) is 0 Å². The van der Waals surface area contributed by atoms with Gasteiger partial charge in [-0.05, 0) is 24.3 Å². The molecule has 1 aromatic carbocycles. The van der Waals surface area contributed by atoms with Crippen LogP contribution in [-0.4, -0.2) is 0 Å². The lowest BCUT2D eigenvalue weighted by molar-refractivity contribution is 0.658. The molecule has 0 aliphatic heterocycles. The quantitative estimate of drug-likeness (QED) is 0.676. The zero-order valence-corrected chi connectivity index (χ0v) is 8.58. The SMILES string of the molecule is [CH](CCC1CC1)NCc1ccccc1. The third kappa shape index (κ3) is 3.51. The molecule has 0 amide bonds. The minimum Gasteiger partial charge on any atom is -0.308 e. The van der Waals surface area contributed by atoms with Crippen LogP contribution in [-0.2, 0) is 6.54 Å². The van der Waals surface area contributed by atoms with Crippen molar-refractivity contribution in [3.63, 3.8) is 0 Å². The lowest BCUT2D eigenvalue weighted by Crippen LogP contribution is -2.09. The van der Waals surface area contributed by atoms with Gasteiger partial charge in [-0.3, -0.25) is 0 Å². The molecule has 14 heavy (non-hydrogen) atoms. The first-order valence-electron chi connectivity index (χ1n) is 5.54. The summed E-state index contributed by atoms with van der Waals surface area (Å²) in [5, 5.41) is 3.36. The molecule has 0 bridgehead atoms. The molecule has 2 rings (SSSR count). The van der Waals surface area contributed by atoms with Gasteiger partial charge in [-0.25, -0.2) is 0 Å². The second-order valence-corrected chi connectivity index (χ2v) is 4.09. The molecule has 1 aliphatic rings. The van der Waals surface area contributed by atoms with Crippen molar-refractivity contribution in [1.82, 2.24) is 5.32 Å². The molecule has 75 valence electrons. The van der Waals surface area contributed by atoms with E-state index >= 15 is 0 Å². The first-order valence-corrected chi connectivity index (χ1v) is 5.54. The lowest BCUT2D eigenvalue weighted by atomic mass is 10.2. The van der Waals surface area contributed by atoms with Gasteiger partial charge in [0.05, 0.1) is 0 Å². The standard InChI is InChI=1S/C13H18N/c1-2-5-13(6-3-1)11-14-10-4-7-12-8-9-12/h1-3,5-6,10,12,14H,4,7-9,11H2. The maximum absolute atomic E-state index is 3.36. The van der Waals surface area contributed by atoms with Crippen molar-refractivity contribution in [3.8, 4) is 0 Å². The van der Waals surface area contributed by atoms with Crippen LogP contribution in [0.1, 0.15) is 31.2 Å². The summed E-state index contributed by atoms with van der Waals surface area (Å²) >= 11 is 0. The van der Waals surface area contributed by atoms with Gasteiger partial charge in [0.25, 0.3) is 0 Å². The van der Waals surface area contributed by atoms with Crippen LogP contribution in [0.5, 0.6) is 0 Å². The average molecular weight is 188 g/mol. The highest BCUT2D eigenvalue weighted by atomic mass is 14.8. The molecule has 1 saturated carbocycles. The lowest BCUT2D eigenvalue weighted by Gasteiger charge is -2.03. The van der Waals surface area contributed by atoms with E-state index in [1.807, 2.05) is 0 Å². The van der Waals surface area contributed by atoms with E-state index in [1.54, 1.807) is 0 Å². The van der Waals surface area contributed by atoms with Gasteiger partial charge >= 0.3 is 0 Å². The Balaban J connectivity index is 1.54. The van der Waals surface area contributed by atoms with Crippen LogP contribution in [0.15, 0.2) is 30.3 Å². The average Bonchev–Trinajstić information content (AvgIpc) is 3.03. The van der Waals surface area contributed by atoms with Gasteiger partial charge in [-0.1, -0.05) is 43.2 Å². The molecule has 0 spiro atoms. The maximum Gasteiger partial charge on any atom is 0.0224 e. The Hall–Kier alpha value is -0.820. The van der Waals surface area contributed by atoms with Crippen LogP contribution in [0.2, 0.25) is 0 Å². The molecule has 1 nitrogen and oxygen atoms in total. The Bertz CT molecular complexity index is 251. The van der Waals surface area contributed by atoms with Crippen LogP contribution < -0.4 is 5.32 Å². The van der Waals surface area contributed by atoms with Gasteiger partial charge in [-0.2, -0.15) is 0 Å². The zero-order chi connectivity index (χ0) is 9.64. The summed E-state index contributed by atoms with van der Waals surface area (Å²) in [4.78, 5) is 0. The Kier molecular flexibility index (Phi) is 3.58. The van der Waals surface area contributed by atoms with Crippen molar-refractivity contribution in [2.24, 2.45) is 5.92 Å². The van der Waals surface area contributed by atoms with Crippen LogP contribution in [0.4, 0.5) is 0 Å². The zero-order valence-electron chi connectivity index (χ0n) is 8.58. The van der Waals surface area contributed by atoms with Gasteiger partial charge in [0.1, 0.15) is 0 Å². The molecule has 1 fully saturated rings. The topological polar surface area (TPSA) is 12.0 Å². The normalized spacial score (nSPS) is 15.7. The molecule has 1 radical (unpaired) electrons. The first kappa shape index (κ1) is 9.72. The van der Waals surface area contributed by atoms with Crippen LogP contribution in [0, 0.1) is 12.5 Å². The number of hydrogen-bond donors (Lipinski definition) is 1. The molecule has 0 saturated heterocycles. The van der Waals surface area contributed by atoms with Gasteiger partial charge < -0.3 is 5.32 Å². The first-order chi connectivity index (χ1) is 6.95. The molecule has 1 aliphatic carbocycles. The van der Waals surface area contributed by atoms with Gasteiger partial charge in [0.2, 0.25) is 0 Å². The second kappa shape index (κ2) is 5.16. The summed E-state index contributed by atoms with van der Waals surface area (Å²) in [6, 6.07) is 10.5. The summed E-state index contributed by atoms with van der Waals surface area (Å²) in [5.41, 5.74) is 1.36. The molecule has 0 atom stereocenters. The number of nitrogens with one attached hydrogen (secondary N) is 1. The monoisotopic (exact) mass is 188 g/mol. The van der Waals surface area contributed by atoms with E-state index in [1.165, 1.54) is 31.2 Å². The number of hydrogen-bond acceptors (Lipinski definition) is 1. The van der Waals surface area contributed by atoms with Crippen molar-refractivity contribution in [3.05, 3.63) is 42.4 Å². The minimum absolute atomic E-state index is 0.964. The molecule has 0 aromatic heterocycles. The molecule has 1 N–H and O–H groups in total. The smallest absolute Gasteiger partial charge is 0.0224 e. The van der Waals surface area contributed by atoms with Crippen molar-refractivity contribution in [1.29, 1.82) is 0 Å². The van der Waals surface area contributed by atoms with E-state index in [4.69, 9.17) is 0 Å². The molecule has 0 unspecified atom stereocenters. The van der Waals surface area contributed by atoms with Crippen molar-refractivity contribution >= 4 is 0 Å². The van der Waals surface area contributed by atoms with E-state index < -0.39 is 0 Å². The fourth-order valence-corrected chi connectivity index (χ4v) is 1.61. The van der Waals surface area contributed by atoms with E-state index in [-0.39, 0.29) is 0 Å². The van der Waals surface area contributed by atoms with Crippen molar-refractivity contribution < 1.29 is 0 Å². The highest BCUT2D eigenvalue weighted by molar-refractivity contribution is 5.14.